The molecule has 1 nitrogen and oxygen atoms in total. The van der Waals surface area contributed by atoms with E-state index < -0.39 is 0 Å². The standard InChI is InChI=1S/C17H25N/c1-2-17(18-14-7-4-8-15-18)13-9-12-16-10-5-3-6-11-16/h2-3,5-6,10-11,17H,1,4,7-9,12-15H2. The van der Waals surface area contributed by atoms with Crippen molar-refractivity contribution in [2.75, 3.05) is 13.1 Å². The Balaban J connectivity index is 1.75. The average Bonchev–Trinajstić information content (AvgIpc) is 2.46. The van der Waals surface area contributed by atoms with Crippen molar-refractivity contribution in [3.8, 4) is 0 Å². The first-order valence-electron chi connectivity index (χ1n) is 7.30. The van der Waals surface area contributed by atoms with E-state index in [4.69, 9.17) is 0 Å². The van der Waals surface area contributed by atoms with Crippen molar-refractivity contribution in [2.45, 2.75) is 44.6 Å². The first-order chi connectivity index (χ1) is 8.90. The average molecular weight is 243 g/mol. The Morgan fingerprint density at radius 3 is 2.50 bits per heavy atom. The number of hydrogen-bond acceptors (Lipinski definition) is 1. The fourth-order valence-corrected chi connectivity index (χ4v) is 2.86. The number of benzene rings is 1. The molecule has 1 aromatic rings. The molecule has 1 aromatic carbocycles. The normalized spacial score (nSPS) is 18.4. The number of aryl methyl sites for hydroxylation is 1. The van der Waals surface area contributed by atoms with Gasteiger partial charge in [-0.3, -0.25) is 4.90 Å². The molecule has 0 amide bonds. The van der Waals surface area contributed by atoms with E-state index in [1.165, 1.54) is 57.2 Å². The van der Waals surface area contributed by atoms with Crippen molar-refractivity contribution in [1.82, 2.24) is 4.90 Å². The van der Waals surface area contributed by atoms with E-state index in [-0.39, 0.29) is 0 Å². The van der Waals surface area contributed by atoms with Gasteiger partial charge in [-0.15, -0.1) is 6.58 Å². The van der Waals surface area contributed by atoms with E-state index in [1.54, 1.807) is 0 Å². The second-order valence-corrected chi connectivity index (χ2v) is 5.28. The van der Waals surface area contributed by atoms with Crippen LogP contribution in [0, 0.1) is 0 Å². The van der Waals surface area contributed by atoms with Crippen LogP contribution in [0.4, 0.5) is 0 Å². The minimum absolute atomic E-state index is 0.592. The van der Waals surface area contributed by atoms with E-state index >= 15 is 0 Å². The summed E-state index contributed by atoms with van der Waals surface area (Å²) in [7, 11) is 0. The minimum atomic E-state index is 0.592. The molecule has 0 spiro atoms. The molecular formula is C17H25N. The maximum atomic E-state index is 4.02. The zero-order chi connectivity index (χ0) is 12.6. The topological polar surface area (TPSA) is 3.24 Å². The smallest absolute Gasteiger partial charge is 0.0275 e. The van der Waals surface area contributed by atoms with Crippen LogP contribution in [0.1, 0.15) is 37.7 Å². The Morgan fingerprint density at radius 1 is 1.11 bits per heavy atom. The van der Waals surface area contributed by atoms with Gasteiger partial charge in [-0.2, -0.15) is 0 Å². The SMILES string of the molecule is C=CC(CCCc1ccccc1)N1CCCCC1. The van der Waals surface area contributed by atoms with Crippen molar-refractivity contribution >= 4 is 0 Å². The number of likely N-dealkylation sites (tertiary alicyclic amines) is 1. The van der Waals surface area contributed by atoms with Crippen LogP contribution < -0.4 is 0 Å². The van der Waals surface area contributed by atoms with Crippen LogP contribution in [0.3, 0.4) is 0 Å². The van der Waals surface area contributed by atoms with Gasteiger partial charge in [0.1, 0.15) is 0 Å². The lowest BCUT2D eigenvalue weighted by atomic mass is 10.0. The van der Waals surface area contributed by atoms with Crippen LogP contribution >= 0.6 is 0 Å². The summed E-state index contributed by atoms with van der Waals surface area (Å²) in [4.78, 5) is 2.61. The van der Waals surface area contributed by atoms with Gasteiger partial charge in [0.05, 0.1) is 0 Å². The molecule has 1 fully saturated rings. The summed E-state index contributed by atoms with van der Waals surface area (Å²) < 4.78 is 0. The second-order valence-electron chi connectivity index (χ2n) is 5.28. The van der Waals surface area contributed by atoms with Gasteiger partial charge in [-0.05, 0) is 50.8 Å². The highest BCUT2D eigenvalue weighted by Gasteiger charge is 2.17. The third-order valence-electron chi connectivity index (χ3n) is 3.94. The molecule has 1 heterocycles. The summed E-state index contributed by atoms with van der Waals surface area (Å²) in [5.74, 6) is 0. The molecule has 98 valence electrons. The van der Waals surface area contributed by atoms with Crippen LogP contribution in [0.15, 0.2) is 43.0 Å². The number of rotatable bonds is 6. The van der Waals surface area contributed by atoms with E-state index in [1.807, 2.05) is 0 Å². The van der Waals surface area contributed by atoms with Crippen LogP contribution in [-0.2, 0) is 6.42 Å². The molecule has 0 radical (unpaired) electrons. The molecule has 2 rings (SSSR count). The summed E-state index contributed by atoms with van der Waals surface area (Å²) in [5, 5.41) is 0. The Bertz CT molecular complexity index is 338. The van der Waals surface area contributed by atoms with Crippen molar-refractivity contribution in [2.24, 2.45) is 0 Å². The van der Waals surface area contributed by atoms with Gasteiger partial charge >= 0.3 is 0 Å². The largest absolute Gasteiger partial charge is 0.297 e. The monoisotopic (exact) mass is 243 g/mol. The molecule has 0 aliphatic carbocycles. The van der Waals surface area contributed by atoms with Gasteiger partial charge < -0.3 is 0 Å². The predicted molar refractivity (Wildman–Crippen MR) is 78.8 cm³/mol. The molecule has 0 saturated carbocycles. The van der Waals surface area contributed by atoms with Gasteiger partial charge in [0.25, 0.3) is 0 Å². The lowest BCUT2D eigenvalue weighted by Crippen LogP contribution is -2.38. The van der Waals surface area contributed by atoms with Crippen LogP contribution in [-0.4, -0.2) is 24.0 Å². The van der Waals surface area contributed by atoms with Gasteiger partial charge in [0.15, 0.2) is 0 Å². The lowest BCUT2D eigenvalue weighted by molar-refractivity contribution is 0.182. The minimum Gasteiger partial charge on any atom is -0.297 e. The molecule has 0 bridgehead atoms. The summed E-state index contributed by atoms with van der Waals surface area (Å²) in [6, 6.07) is 11.4. The second kappa shape index (κ2) is 7.38. The number of piperidine rings is 1. The van der Waals surface area contributed by atoms with E-state index in [0.29, 0.717) is 6.04 Å². The highest BCUT2D eigenvalue weighted by Crippen LogP contribution is 2.17. The third kappa shape index (κ3) is 3.99. The van der Waals surface area contributed by atoms with Crippen molar-refractivity contribution in [3.63, 3.8) is 0 Å². The Kier molecular flexibility index (Phi) is 5.47. The first-order valence-corrected chi connectivity index (χ1v) is 7.30. The van der Waals surface area contributed by atoms with E-state index in [2.05, 4.69) is 47.9 Å². The fraction of sp³-hybridized carbons (Fsp3) is 0.529. The Morgan fingerprint density at radius 2 is 1.83 bits per heavy atom. The zero-order valence-corrected chi connectivity index (χ0v) is 11.4. The van der Waals surface area contributed by atoms with Gasteiger partial charge in [-0.1, -0.05) is 42.8 Å². The van der Waals surface area contributed by atoms with Crippen LogP contribution in [0.25, 0.3) is 0 Å². The Labute approximate surface area is 112 Å². The van der Waals surface area contributed by atoms with Crippen molar-refractivity contribution in [3.05, 3.63) is 48.6 Å². The third-order valence-corrected chi connectivity index (χ3v) is 3.94. The summed E-state index contributed by atoms with van der Waals surface area (Å²) in [5.41, 5.74) is 1.46. The van der Waals surface area contributed by atoms with Crippen molar-refractivity contribution < 1.29 is 0 Å². The number of nitrogens with zero attached hydrogens (tertiary/aromatic N) is 1. The Hall–Kier alpha value is -1.08. The quantitative estimate of drug-likeness (QED) is 0.681. The van der Waals surface area contributed by atoms with E-state index in [9.17, 15) is 0 Å². The molecule has 1 atom stereocenters. The summed E-state index contributed by atoms with van der Waals surface area (Å²) in [6.07, 6.45) is 9.99. The van der Waals surface area contributed by atoms with E-state index in [0.717, 1.165) is 0 Å². The lowest BCUT2D eigenvalue weighted by Gasteiger charge is -2.32. The highest BCUT2D eigenvalue weighted by molar-refractivity contribution is 5.14. The molecule has 18 heavy (non-hydrogen) atoms. The molecule has 1 unspecified atom stereocenters. The van der Waals surface area contributed by atoms with Gasteiger partial charge in [0, 0.05) is 6.04 Å². The van der Waals surface area contributed by atoms with Gasteiger partial charge in [-0.25, -0.2) is 0 Å². The van der Waals surface area contributed by atoms with Crippen molar-refractivity contribution in [1.29, 1.82) is 0 Å². The maximum absolute atomic E-state index is 4.02. The van der Waals surface area contributed by atoms with Crippen LogP contribution in [0.2, 0.25) is 0 Å². The fourth-order valence-electron chi connectivity index (χ4n) is 2.86. The molecule has 1 aliphatic rings. The molecule has 1 aliphatic heterocycles. The number of hydrogen-bond donors (Lipinski definition) is 0. The zero-order valence-electron chi connectivity index (χ0n) is 11.4. The predicted octanol–water partition coefficient (Wildman–Crippen LogP) is 4.05. The summed E-state index contributed by atoms with van der Waals surface area (Å²) in [6.45, 7) is 6.55. The molecule has 1 heteroatoms. The molecule has 0 aromatic heterocycles. The molecule has 0 N–H and O–H groups in total. The first kappa shape index (κ1) is 13.4. The van der Waals surface area contributed by atoms with Crippen LogP contribution in [0.5, 0.6) is 0 Å². The van der Waals surface area contributed by atoms with Gasteiger partial charge in [0.2, 0.25) is 0 Å². The highest BCUT2D eigenvalue weighted by atomic mass is 15.2. The maximum Gasteiger partial charge on any atom is 0.0275 e. The summed E-state index contributed by atoms with van der Waals surface area (Å²) >= 11 is 0. The molecule has 1 saturated heterocycles. The molecular weight excluding hydrogens is 218 g/mol.